The Kier molecular flexibility index (Phi) is 8.61. The second-order valence-corrected chi connectivity index (χ2v) is 11.7. The quantitative estimate of drug-likeness (QED) is 0.214. The molecule has 2 heterocycles. The summed E-state index contributed by atoms with van der Waals surface area (Å²) in [5.41, 5.74) is 2.91. The standard InChI is InChI=1S/C30H23BrCl2N2O4S/c1-3-23-25(29(37)38-2)26(18-7-5-4-6-8-18)35-28(36)24(40-30(35)34-23)14-19-13-21(32)15-22(33)27(19)39-16-17-9-11-20(31)12-10-17/h4-15,26H,3,16H2,1-2H3/b24-14+/t26-/m0/s1. The van der Waals surface area contributed by atoms with Gasteiger partial charge in [-0.05, 0) is 47.9 Å². The van der Waals surface area contributed by atoms with E-state index in [1.807, 2.05) is 61.5 Å². The maximum Gasteiger partial charge on any atom is 0.338 e. The largest absolute Gasteiger partial charge is 0.487 e. The highest BCUT2D eigenvalue weighted by Gasteiger charge is 2.33. The van der Waals surface area contributed by atoms with E-state index >= 15 is 0 Å². The van der Waals surface area contributed by atoms with Gasteiger partial charge < -0.3 is 9.47 Å². The molecule has 0 radical (unpaired) electrons. The molecule has 0 aliphatic carbocycles. The van der Waals surface area contributed by atoms with E-state index < -0.39 is 12.0 Å². The van der Waals surface area contributed by atoms with Gasteiger partial charge in [0.25, 0.3) is 5.56 Å². The van der Waals surface area contributed by atoms with Gasteiger partial charge in [-0.2, -0.15) is 0 Å². The van der Waals surface area contributed by atoms with Crippen LogP contribution >= 0.6 is 50.5 Å². The molecule has 10 heteroatoms. The lowest BCUT2D eigenvalue weighted by atomic mass is 9.95. The van der Waals surface area contributed by atoms with Crippen LogP contribution in [0.2, 0.25) is 10.0 Å². The number of rotatable bonds is 7. The number of benzene rings is 3. The number of allylic oxidation sites excluding steroid dienone is 1. The highest BCUT2D eigenvalue weighted by Crippen LogP contribution is 2.34. The lowest BCUT2D eigenvalue weighted by Gasteiger charge is -2.25. The van der Waals surface area contributed by atoms with E-state index in [0.717, 1.165) is 15.6 Å². The molecule has 0 saturated heterocycles. The summed E-state index contributed by atoms with van der Waals surface area (Å²) < 4.78 is 14.1. The topological polar surface area (TPSA) is 69.9 Å². The van der Waals surface area contributed by atoms with E-state index in [2.05, 4.69) is 15.9 Å². The number of carbonyl (C=O) groups excluding carboxylic acids is 1. The van der Waals surface area contributed by atoms with E-state index in [9.17, 15) is 9.59 Å². The number of hydrogen-bond donors (Lipinski definition) is 0. The molecule has 40 heavy (non-hydrogen) atoms. The maximum absolute atomic E-state index is 13.9. The van der Waals surface area contributed by atoms with Crippen LogP contribution in [0.4, 0.5) is 0 Å². The van der Waals surface area contributed by atoms with Gasteiger partial charge in [-0.3, -0.25) is 9.36 Å². The zero-order valence-electron chi connectivity index (χ0n) is 21.5. The van der Waals surface area contributed by atoms with Gasteiger partial charge in [-0.15, -0.1) is 0 Å². The molecule has 1 aliphatic rings. The summed E-state index contributed by atoms with van der Waals surface area (Å²) in [6.45, 7) is 2.19. The van der Waals surface area contributed by atoms with Crippen molar-refractivity contribution in [1.29, 1.82) is 0 Å². The first-order valence-electron chi connectivity index (χ1n) is 12.3. The summed E-state index contributed by atoms with van der Waals surface area (Å²) in [6.07, 6.45) is 2.20. The summed E-state index contributed by atoms with van der Waals surface area (Å²) in [5.74, 6) is -0.113. The summed E-state index contributed by atoms with van der Waals surface area (Å²) >= 11 is 17.6. The van der Waals surface area contributed by atoms with E-state index in [-0.39, 0.29) is 12.2 Å². The Morgan fingerprint density at radius 2 is 1.85 bits per heavy atom. The Bertz CT molecular complexity index is 1800. The fourth-order valence-electron chi connectivity index (χ4n) is 4.53. The predicted octanol–water partition coefficient (Wildman–Crippen LogP) is 6.45. The van der Waals surface area contributed by atoms with Gasteiger partial charge in [-0.25, -0.2) is 9.79 Å². The van der Waals surface area contributed by atoms with Crippen LogP contribution in [0.3, 0.4) is 0 Å². The highest BCUT2D eigenvalue weighted by molar-refractivity contribution is 9.10. The average Bonchev–Trinajstić information content (AvgIpc) is 3.26. The molecular weight excluding hydrogens is 635 g/mol. The molecule has 1 atom stereocenters. The molecule has 0 N–H and O–H groups in total. The minimum Gasteiger partial charge on any atom is -0.487 e. The zero-order valence-corrected chi connectivity index (χ0v) is 25.4. The van der Waals surface area contributed by atoms with Crippen LogP contribution in [0.1, 0.15) is 36.1 Å². The first-order chi connectivity index (χ1) is 19.3. The minimum atomic E-state index is -0.682. The first kappa shape index (κ1) is 28.4. The van der Waals surface area contributed by atoms with Crippen LogP contribution in [0.15, 0.2) is 92.3 Å². The van der Waals surface area contributed by atoms with Crippen molar-refractivity contribution >= 4 is 62.5 Å². The van der Waals surface area contributed by atoms with Gasteiger partial charge in [0.15, 0.2) is 4.80 Å². The number of halogens is 3. The van der Waals surface area contributed by atoms with Crippen molar-refractivity contribution in [3.8, 4) is 5.75 Å². The normalized spacial score (nSPS) is 15.0. The molecule has 0 unspecified atom stereocenters. The smallest absolute Gasteiger partial charge is 0.338 e. The SMILES string of the molecule is CCC1=C(C(=O)OC)[C@H](c2ccccc2)n2c(s/c(=C/c3cc(Cl)cc(Cl)c3OCc3ccc(Br)cc3)c2=O)=N1. The van der Waals surface area contributed by atoms with Gasteiger partial charge >= 0.3 is 5.97 Å². The monoisotopic (exact) mass is 656 g/mol. The van der Waals surface area contributed by atoms with E-state index in [1.54, 1.807) is 22.8 Å². The van der Waals surface area contributed by atoms with Crippen LogP contribution in [-0.4, -0.2) is 17.6 Å². The van der Waals surface area contributed by atoms with Gasteiger partial charge in [-0.1, -0.05) is 99.9 Å². The number of ether oxygens (including phenoxy) is 2. The lowest BCUT2D eigenvalue weighted by Crippen LogP contribution is -2.40. The summed E-state index contributed by atoms with van der Waals surface area (Å²) in [7, 11) is 1.33. The lowest BCUT2D eigenvalue weighted by molar-refractivity contribution is -0.136. The van der Waals surface area contributed by atoms with Gasteiger partial charge in [0.05, 0.1) is 34.0 Å². The number of methoxy groups -OCH3 is 1. The Morgan fingerprint density at radius 3 is 2.52 bits per heavy atom. The Morgan fingerprint density at radius 1 is 1.12 bits per heavy atom. The van der Waals surface area contributed by atoms with Crippen LogP contribution in [-0.2, 0) is 16.1 Å². The summed E-state index contributed by atoms with van der Waals surface area (Å²) in [6, 6.07) is 19.8. The van der Waals surface area contributed by atoms with Crippen molar-refractivity contribution < 1.29 is 14.3 Å². The van der Waals surface area contributed by atoms with Crippen molar-refractivity contribution in [2.24, 2.45) is 4.99 Å². The molecule has 3 aromatic carbocycles. The molecule has 5 rings (SSSR count). The maximum atomic E-state index is 13.9. The zero-order chi connectivity index (χ0) is 28.4. The number of nitrogens with zero attached hydrogens (tertiary/aromatic N) is 2. The fourth-order valence-corrected chi connectivity index (χ4v) is 6.37. The molecule has 0 saturated carbocycles. The Balaban J connectivity index is 1.66. The van der Waals surface area contributed by atoms with Gasteiger partial charge in [0, 0.05) is 15.1 Å². The molecule has 0 fully saturated rings. The van der Waals surface area contributed by atoms with Gasteiger partial charge in [0.1, 0.15) is 12.4 Å². The van der Waals surface area contributed by atoms with E-state index in [0.29, 0.717) is 48.4 Å². The van der Waals surface area contributed by atoms with Crippen LogP contribution < -0.4 is 19.6 Å². The molecule has 1 aromatic heterocycles. The molecule has 204 valence electrons. The van der Waals surface area contributed by atoms with Crippen LogP contribution in [0.5, 0.6) is 5.75 Å². The van der Waals surface area contributed by atoms with Crippen molar-refractivity contribution in [3.05, 3.63) is 129 Å². The average molecular weight is 658 g/mol. The first-order valence-corrected chi connectivity index (χ1v) is 14.7. The number of aromatic nitrogens is 1. The number of carbonyl (C=O) groups is 1. The number of hydrogen-bond acceptors (Lipinski definition) is 6. The fraction of sp³-hybridized carbons (Fsp3) is 0.167. The number of esters is 1. The van der Waals surface area contributed by atoms with E-state index in [4.69, 9.17) is 37.7 Å². The highest BCUT2D eigenvalue weighted by atomic mass is 79.9. The second-order valence-electron chi connectivity index (χ2n) is 8.92. The van der Waals surface area contributed by atoms with Crippen molar-refractivity contribution in [2.45, 2.75) is 26.0 Å². The number of thiazole rings is 1. The molecule has 0 spiro atoms. The van der Waals surface area contributed by atoms with Gasteiger partial charge in [0.2, 0.25) is 0 Å². The van der Waals surface area contributed by atoms with Crippen molar-refractivity contribution in [2.75, 3.05) is 7.11 Å². The molecule has 1 aliphatic heterocycles. The van der Waals surface area contributed by atoms with Crippen molar-refractivity contribution in [3.63, 3.8) is 0 Å². The Labute approximate surface area is 252 Å². The molecule has 6 nitrogen and oxygen atoms in total. The molecular formula is C30H23BrCl2N2O4S. The van der Waals surface area contributed by atoms with Crippen molar-refractivity contribution in [1.82, 2.24) is 4.57 Å². The summed E-state index contributed by atoms with van der Waals surface area (Å²) in [5, 5.41) is 0.732. The third kappa shape index (κ3) is 5.67. The molecule has 0 amide bonds. The second kappa shape index (κ2) is 12.1. The van der Waals surface area contributed by atoms with Crippen LogP contribution in [0.25, 0.3) is 6.08 Å². The van der Waals surface area contributed by atoms with Crippen LogP contribution in [0, 0.1) is 0 Å². The Hall–Kier alpha value is -3.17. The molecule has 4 aromatic rings. The molecule has 0 bridgehead atoms. The third-order valence-electron chi connectivity index (χ3n) is 6.39. The van der Waals surface area contributed by atoms with E-state index in [1.165, 1.54) is 18.4 Å². The minimum absolute atomic E-state index is 0.271. The predicted molar refractivity (Wildman–Crippen MR) is 162 cm³/mol. The number of fused-ring (bicyclic) bond motifs is 1. The third-order valence-corrected chi connectivity index (χ3v) is 8.40. The summed E-state index contributed by atoms with van der Waals surface area (Å²) in [4.78, 5) is 32.1.